The normalized spacial score (nSPS) is 16.4. The maximum absolute atomic E-state index is 12.5. The van der Waals surface area contributed by atoms with Gasteiger partial charge in [-0.3, -0.25) is 9.59 Å². The van der Waals surface area contributed by atoms with Crippen molar-refractivity contribution >= 4 is 23.2 Å². The first kappa shape index (κ1) is 21.2. The van der Waals surface area contributed by atoms with Crippen molar-refractivity contribution in [1.29, 1.82) is 0 Å². The summed E-state index contributed by atoms with van der Waals surface area (Å²) in [5, 5.41) is 2.95. The third kappa shape index (κ3) is 5.96. The van der Waals surface area contributed by atoms with Gasteiger partial charge in [0.2, 0.25) is 11.8 Å². The average Bonchev–Trinajstić information content (AvgIpc) is 3.13. The molecule has 1 fully saturated rings. The predicted octanol–water partition coefficient (Wildman–Crippen LogP) is 3.26. The van der Waals surface area contributed by atoms with Crippen LogP contribution in [0.25, 0.3) is 0 Å². The molecule has 0 aliphatic carbocycles. The number of rotatable bonds is 8. The number of carbonyl (C=O) groups is 2. The van der Waals surface area contributed by atoms with Gasteiger partial charge >= 0.3 is 0 Å². The molecule has 1 saturated heterocycles. The lowest BCUT2D eigenvalue weighted by molar-refractivity contribution is -0.133. The Morgan fingerprint density at radius 2 is 2.04 bits per heavy atom. The van der Waals surface area contributed by atoms with E-state index in [0.29, 0.717) is 19.5 Å². The molecule has 2 amide bonds. The van der Waals surface area contributed by atoms with Gasteiger partial charge in [0, 0.05) is 57.5 Å². The molecule has 1 aromatic carbocycles. The minimum Gasteiger partial charge on any atom is -0.377 e. The first-order valence-electron chi connectivity index (χ1n) is 9.82. The zero-order valence-electron chi connectivity index (χ0n) is 17.2. The molecule has 6 heteroatoms. The highest BCUT2D eigenvalue weighted by atomic mass is 16.5. The molecule has 0 aromatic heterocycles. The summed E-state index contributed by atoms with van der Waals surface area (Å²) in [6, 6.07) is 5.87. The Balaban J connectivity index is 2.25. The van der Waals surface area contributed by atoms with Crippen molar-refractivity contribution in [1.82, 2.24) is 4.90 Å². The largest absolute Gasteiger partial charge is 0.377 e. The van der Waals surface area contributed by atoms with Crippen LogP contribution in [0.1, 0.15) is 45.6 Å². The Kier molecular flexibility index (Phi) is 7.66. The molecule has 1 aliphatic heterocycles. The van der Waals surface area contributed by atoms with E-state index in [0.717, 1.165) is 36.4 Å². The smallest absolute Gasteiger partial charge is 0.226 e. The van der Waals surface area contributed by atoms with E-state index in [4.69, 9.17) is 4.74 Å². The minimum atomic E-state index is -0.0836. The fourth-order valence-corrected chi connectivity index (χ4v) is 3.23. The molecule has 1 atom stereocenters. The van der Waals surface area contributed by atoms with Crippen LogP contribution in [-0.2, 0) is 20.9 Å². The van der Waals surface area contributed by atoms with Crippen LogP contribution < -0.4 is 10.2 Å². The fourth-order valence-electron chi connectivity index (χ4n) is 3.23. The number of hydrogen-bond acceptors (Lipinski definition) is 4. The first-order chi connectivity index (χ1) is 12.8. The van der Waals surface area contributed by atoms with E-state index < -0.39 is 0 Å². The third-order valence-electron chi connectivity index (χ3n) is 4.82. The lowest BCUT2D eigenvalue weighted by atomic mass is 10.1. The van der Waals surface area contributed by atoms with Crippen LogP contribution in [0.5, 0.6) is 0 Å². The van der Waals surface area contributed by atoms with Gasteiger partial charge in [-0.15, -0.1) is 0 Å². The quantitative estimate of drug-likeness (QED) is 0.758. The number of nitrogens with one attached hydrogen (secondary N) is 1. The molecule has 1 unspecified atom stereocenters. The second-order valence-electron chi connectivity index (χ2n) is 7.64. The predicted molar refractivity (Wildman–Crippen MR) is 109 cm³/mol. The second kappa shape index (κ2) is 9.74. The van der Waals surface area contributed by atoms with Crippen LogP contribution in [0, 0.1) is 5.92 Å². The summed E-state index contributed by atoms with van der Waals surface area (Å²) in [6.07, 6.45) is 2.64. The van der Waals surface area contributed by atoms with Crippen molar-refractivity contribution in [2.45, 2.75) is 52.7 Å². The highest BCUT2D eigenvalue weighted by Gasteiger charge is 2.23. The maximum atomic E-state index is 12.5. The lowest BCUT2D eigenvalue weighted by Crippen LogP contribution is -2.36. The van der Waals surface area contributed by atoms with E-state index in [-0.39, 0.29) is 23.8 Å². The molecule has 27 heavy (non-hydrogen) atoms. The maximum Gasteiger partial charge on any atom is 0.226 e. The van der Waals surface area contributed by atoms with Crippen LogP contribution in [0.2, 0.25) is 0 Å². The molecule has 150 valence electrons. The second-order valence-corrected chi connectivity index (χ2v) is 7.64. The number of nitrogens with zero attached hydrogens (tertiary/aromatic N) is 2. The van der Waals surface area contributed by atoms with E-state index >= 15 is 0 Å². The van der Waals surface area contributed by atoms with Gasteiger partial charge in [0.05, 0.1) is 6.10 Å². The minimum absolute atomic E-state index is 0.0144. The van der Waals surface area contributed by atoms with Crippen molar-refractivity contribution in [2.24, 2.45) is 5.92 Å². The Bertz CT molecular complexity index is 652. The van der Waals surface area contributed by atoms with Crippen molar-refractivity contribution in [3.8, 4) is 0 Å². The molecular weight excluding hydrogens is 342 g/mol. The molecule has 6 nitrogen and oxygen atoms in total. The van der Waals surface area contributed by atoms with Gasteiger partial charge in [-0.25, -0.2) is 0 Å². The van der Waals surface area contributed by atoms with Gasteiger partial charge in [0.15, 0.2) is 0 Å². The number of carbonyl (C=O) groups excluding carboxylic acids is 2. The average molecular weight is 376 g/mol. The van der Waals surface area contributed by atoms with E-state index in [1.54, 1.807) is 0 Å². The van der Waals surface area contributed by atoms with Crippen molar-refractivity contribution in [3.63, 3.8) is 0 Å². The van der Waals surface area contributed by atoms with E-state index in [2.05, 4.69) is 5.32 Å². The fraction of sp³-hybridized carbons (Fsp3) is 0.619. The van der Waals surface area contributed by atoms with E-state index in [1.807, 2.05) is 62.9 Å². The zero-order valence-corrected chi connectivity index (χ0v) is 17.2. The van der Waals surface area contributed by atoms with Crippen LogP contribution in [0.4, 0.5) is 11.4 Å². The number of benzene rings is 1. The van der Waals surface area contributed by atoms with Gasteiger partial charge in [-0.2, -0.15) is 0 Å². The van der Waals surface area contributed by atoms with Gasteiger partial charge in [0.25, 0.3) is 0 Å². The lowest BCUT2D eigenvalue weighted by Gasteiger charge is -2.28. The molecule has 0 saturated carbocycles. The number of anilines is 2. The molecular formula is C21H33N3O3. The van der Waals surface area contributed by atoms with Gasteiger partial charge in [-0.05, 0) is 36.6 Å². The van der Waals surface area contributed by atoms with Gasteiger partial charge in [0.1, 0.15) is 0 Å². The first-order valence-corrected chi connectivity index (χ1v) is 9.82. The molecule has 1 N–H and O–H groups in total. The Morgan fingerprint density at radius 1 is 1.30 bits per heavy atom. The Hall–Kier alpha value is -2.08. The van der Waals surface area contributed by atoms with Crippen molar-refractivity contribution in [3.05, 3.63) is 23.8 Å². The number of ether oxygens (including phenoxy) is 1. The Labute approximate surface area is 162 Å². The topological polar surface area (TPSA) is 61.9 Å². The number of amides is 2. The summed E-state index contributed by atoms with van der Waals surface area (Å²) in [7, 11) is 3.97. The zero-order chi connectivity index (χ0) is 20.0. The summed E-state index contributed by atoms with van der Waals surface area (Å²) in [5.74, 6) is 0.0193. The third-order valence-corrected chi connectivity index (χ3v) is 4.82. The van der Waals surface area contributed by atoms with Crippen molar-refractivity contribution < 1.29 is 14.3 Å². The summed E-state index contributed by atoms with van der Waals surface area (Å²) in [4.78, 5) is 28.5. The van der Waals surface area contributed by atoms with Crippen LogP contribution in [0.3, 0.4) is 0 Å². The van der Waals surface area contributed by atoms with Crippen LogP contribution >= 0.6 is 0 Å². The SMILES string of the molecule is CCC(=O)N(Cc1cc(NC(=O)C(C)C)ccc1N(C)C)CC1CCCO1. The van der Waals surface area contributed by atoms with E-state index in [1.165, 1.54) is 0 Å². The molecule has 1 heterocycles. The molecule has 2 rings (SSSR count). The molecule has 0 bridgehead atoms. The van der Waals surface area contributed by atoms with Crippen molar-refractivity contribution in [2.75, 3.05) is 37.5 Å². The highest BCUT2D eigenvalue weighted by molar-refractivity contribution is 5.92. The molecule has 1 aliphatic rings. The summed E-state index contributed by atoms with van der Waals surface area (Å²) in [5.41, 5.74) is 2.82. The molecule has 0 spiro atoms. The standard InChI is InChI=1S/C21H33N3O3/c1-6-20(25)24(14-18-8-7-11-27-18)13-16-12-17(22-21(26)15(2)3)9-10-19(16)23(4)5/h9-10,12,15,18H,6-8,11,13-14H2,1-5H3,(H,22,26). The summed E-state index contributed by atoms with van der Waals surface area (Å²) >= 11 is 0. The van der Waals surface area contributed by atoms with E-state index in [9.17, 15) is 9.59 Å². The molecule has 1 aromatic rings. The highest BCUT2D eigenvalue weighted by Crippen LogP contribution is 2.26. The van der Waals surface area contributed by atoms with Crippen LogP contribution in [-0.4, -0.2) is 50.1 Å². The number of hydrogen-bond donors (Lipinski definition) is 1. The van der Waals surface area contributed by atoms with Gasteiger partial charge in [-0.1, -0.05) is 20.8 Å². The van der Waals surface area contributed by atoms with Crippen LogP contribution in [0.15, 0.2) is 18.2 Å². The monoisotopic (exact) mass is 375 g/mol. The summed E-state index contributed by atoms with van der Waals surface area (Å²) in [6.45, 7) is 7.52. The summed E-state index contributed by atoms with van der Waals surface area (Å²) < 4.78 is 5.73. The molecule has 0 radical (unpaired) electrons. The Morgan fingerprint density at radius 3 is 2.59 bits per heavy atom. The van der Waals surface area contributed by atoms with Gasteiger partial charge < -0.3 is 19.9 Å².